The van der Waals surface area contributed by atoms with Gasteiger partial charge in [0, 0.05) is 38.8 Å². The van der Waals surface area contributed by atoms with E-state index in [1.807, 2.05) is 23.1 Å². The number of benzene rings is 1. The molecular weight excluding hydrogens is 402 g/mol. The Labute approximate surface area is 175 Å². The number of fused-ring (bicyclic) bond motifs is 2. The summed E-state index contributed by atoms with van der Waals surface area (Å²) >= 11 is 1.57. The molecule has 1 saturated heterocycles. The van der Waals surface area contributed by atoms with Crippen molar-refractivity contribution in [2.75, 3.05) is 31.1 Å². The van der Waals surface area contributed by atoms with Crippen molar-refractivity contribution in [3.8, 4) is 0 Å². The summed E-state index contributed by atoms with van der Waals surface area (Å²) in [4.78, 5) is 39.1. The lowest BCUT2D eigenvalue weighted by Gasteiger charge is -2.34. The number of thiazole rings is 1. The molecule has 5 rings (SSSR count). The number of carbonyl (C=O) groups excluding carboxylic acids is 1. The lowest BCUT2D eigenvalue weighted by molar-refractivity contribution is -0.131. The van der Waals surface area contributed by atoms with E-state index in [0.29, 0.717) is 24.0 Å². The maximum absolute atomic E-state index is 12.7. The van der Waals surface area contributed by atoms with E-state index in [0.717, 1.165) is 28.6 Å². The Kier molecular flexibility index (Phi) is 4.83. The highest BCUT2D eigenvalue weighted by Crippen LogP contribution is 2.27. The molecule has 3 aromatic heterocycles. The SMILES string of the molecule is O=C(CCn1nnc2ccccc2c1=O)N1CCN(c2nc3cccnc3s2)CC1. The molecule has 0 bridgehead atoms. The highest BCUT2D eigenvalue weighted by atomic mass is 32.1. The van der Waals surface area contributed by atoms with Crippen molar-refractivity contribution in [1.29, 1.82) is 0 Å². The van der Waals surface area contributed by atoms with E-state index >= 15 is 0 Å². The number of aromatic nitrogens is 5. The first kappa shape index (κ1) is 18.6. The number of anilines is 1. The molecule has 1 aliphatic rings. The second-order valence-corrected chi connectivity index (χ2v) is 8.03. The number of hydrogen-bond donors (Lipinski definition) is 0. The van der Waals surface area contributed by atoms with Crippen molar-refractivity contribution >= 4 is 43.6 Å². The van der Waals surface area contributed by atoms with Crippen molar-refractivity contribution in [3.63, 3.8) is 0 Å². The van der Waals surface area contributed by atoms with Gasteiger partial charge in [-0.3, -0.25) is 9.59 Å². The van der Waals surface area contributed by atoms with E-state index in [4.69, 9.17) is 0 Å². The highest BCUT2D eigenvalue weighted by Gasteiger charge is 2.23. The molecule has 30 heavy (non-hydrogen) atoms. The summed E-state index contributed by atoms with van der Waals surface area (Å²) in [6.07, 6.45) is 1.99. The zero-order valence-electron chi connectivity index (χ0n) is 16.1. The maximum atomic E-state index is 12.7. The highest BCUT2D eigenvalue weighted by molar-refractivity contribution is 7.21. The Hall–Kier alpha value is -3.40. The van der Waals surface area contributed by atoms with Crippen LogP contribution in [0.15, 0.2) is 47.4 Å². The molecule has 0 radical (unpaired) electrons. The molecule has 10 heteroatoms. The van der Waals surface area contributed by atoms with Crippen LogP contribution in [0.3, 0.4) is 0 Å². The molecular formula is C20H19N7O2S. The quantitative estimate of drug-likeness (QED) is 0.493. The number of rotatable bonds is 4. The summed E-state index contributed by atoms with van der Waals surface area (Å²) in [5.74, 6) is 0.0162. The van der Waals surface area contributed by atoms with Crippen LogP contribution in [0.1, 0.15) is 6.42 Å². The molecule has 1 aliphatic heterocycles. The number of aryl methyl sites for hydroxylation is 1. The van der Waals surface area contributed by atoms with Gasteiger partial charge in [-0.2, -0.15) is 0 Å². The summed E-state index contributed by atoms with van der Waals surface area (Å²) in [6.45, 7) is 2.92. The zero-order chi connectivity index (χ0) is 20.5. The molecule has 1 fully saturated rings. The number of pyridine rings is 1. The Morgan fingerprint density at radius 2 is 1.83 bits per heavy atom. The second-order valence-electron chi connectivity index (χ2n) is 7.08. The van der Waals surface area contributed by atoms with Crippen LogP contribution in [-0.2, 0) is 11.3 Å². The van der Waals surface area contributed by atoms with Crippen LogP contribution in [0, 0.1) is 0 Å². The Morgan fingerprint density at radius 1 is 1.03 bits per heavy atom. The first-order valence-corrected chi connectivity index (χ1v) is 10.6. The van der Waals surface area contributed by atoms with Crippen LogP contribution in [0.5, 0.6) is 0 Å². The van der Waals surface area contributed by atoms with Gasteiger partial charge in [0.05, 0.1) is 11.9 Å². The molecule has 4 heterocycles. The van der Waals surface area contributed by atoms with Crippen molar-refractivity contribution in [2.24, 2.45) is 0 Å². The molecule has 9 nitrogen and oxygen atoms in total. The molecule has 0 unspecified atom stereocenters. The van der Waals surface area contributed by atoms with Crippen molar-refractivity contribution in [2.45, 2.75) is 13.0 Å². The summed E-state index contributed by atoms with van der Waals surface area (Å²) in [6, 6.07) is 10.9. The van der Waals surface area contributed by atoms with E-state index in [9.17, 15) is 9.59 Å². The fraction of sp³-hybridized carbons (Fsp3) is 0.300. The largest absolute Gasteiger partial charge is 0.344 e. The summed E-state index contributed by atoms with van der Waals surface area (Å²) in [5, 5.41) is 9.47. The van der Waals surface area contributed by atoms with Crippen molar-refractivity contribution in [3.05, 3.63) is 52.9 Å². The zero-order valence-corrected chi connectivity index (χ0v) is 17.0. The van der Waals surface area contributed by atoms with Crippen LogP contribution >= 0.6 is 11.3 Å². The van der Waals surface area contributed by atoms with E-state index in [2.05, 4.69) is 25.2 Å². The first-order valence-electron chi connectivity index (χ1n) is 9.76. The number of nitrogens with zero attached hydrogens (tertiary/aromatic N) is 7. The predicted octanol–water partition coefficient (Wildman–Crippen LogP) is 1.54. The Morgan fingerprint density at radius 3 is 2.67 bits per heavy atom. The number of carbonyl (C=O) groups is 1. The van der Waals surface area contributed by atoms with Crippen LogP contribution in [0.2, 0.25) is 0 Å². The summed E-state index contributed by atoms with van der Waals surface area (Å²) in [7, 11) is 0. The van der Waals surface area contributed by atoms with Crippen LogP contribution in [0.25, 0.3) is 21.3 Å². The smallest absolute Gasteiger partial charge is 0.277 e. The fourth-order valence-electron chi connectivity index (χ4n) is 3.57. The maximum Gasteiger partial charge on any atom is 0.277 e. The van der Waals surface area contributed by atoms with Crippen LogP contribution in [-0.4, -0.2) is 61.9 Å². The minimum Gasteiger partial charge on any atom is -0.344 e. The standard InChI is InChI=1S/C20H19N7O2S/c28-17(7-9-27-19(29)14-4-1-2-5-15(14)23-24-27)25-10-12-26(13-11-25)20-22-16-6-3-8-21-18(16)30-20/h1-6,8H,7,9-13H2. The van der Waals surface area contributed by atoms with Gasteiger partial charge in [0.1, 0.15) is 15.9 Å². The van der Waals surface area contributed by atoms with E-state index < -0.39 is 0 Å². The third kappa shape index (κ3) is 3.50. The minimum absolute atomic E-state index is 0.0162. The van der Waals surface area contributed by atoms with Crippen LogP contribution < -0.4 is 10.5 Å². The number of amides is 1. The Bertz CT molecular complexity index is 1240. The van der Waals surface area contributed by atoms with Gasteiger partial charge in [-0.1, -0.05) is 28.7 Å². The molecule has 1 aromatic carbocycles. The first-order chi connectivity index (χ1) is 14.7. The van der Waals surface area contributed by atoms with Gasteiger partial charge >= 0.3 is 0 Å². The molecule has 0 saturated carbocycles. The Balaban J connectivity index is 1.20. The lowest BCUT2D eigenvalue weighted by atomic mass is 10.2. The van der Waals surface area contributed by atoms with Crippen molar-refractivity contribution < 1.29 is 4.79 Å². The van der Waals surface area contributed by atoms with E-state index in [1.165, 1.54) is 4.68 Å². The van der Waals surface area contributed by atoms with Gasteiger partial charge < -0.3 is 9.80 Å². The average molecular weight is 421 g/mol. The van der Waals surface area contributed by atoms with E-state index in [1.54, 1.807) is 35.7 Å². The van der Waals surface area contributed by atoms with Crippen LogP contribution in [0.4, 0.5) is 5.13 Å². The van der Waals surface area contributed by atoms with Gasteiger partial charge in [0.25, 0.3) is 5.56 Å². The van der Waals surface area contributed by atoms with Crippen molar-refractivity contribution in [1.82, 2.24) is 29.9 Å². The van der Waals surface area contributed by atoms with Gasteiger partial charge in [0.2, 0.25) is 5.91 Å². The normalized spacial score (nSPS) is 14.5. The predicted molar refractivity (Wildman–Crippen MR) is 115 cm³/mol. The lowest BCUT2D eigenvalue weighted by Crippen LogP contribution is -2.49. The fourth-order valence-corrected chi connectivity index (χ4v) is 4.53. The number of hydrogen-bond acceptors (Lipinski definition) is 8. The molecule has 0 spiro atoms. The molecule has 1 amide bonds. The topological polar surface area (TPSA) is 97.1 Å². The number of piperazine rings is 1. The van der Waals surface area contributed by atoms with Gasteiger partial charge in [0.15, 0.2) is 5.13 Å². The molecule has 0 atom stereocenters. The monoisotopic (exact) mass is 421 g/mol. The third-order valence-corrected chi connectivity index (χ3v) is 6.26. The average Bonchev–Trinajstić information content (AvgIpc) is 3.23. The molecule has 0 N–H and O–H groups in total. The summed E-state index contributed by atoms with van der Waals surface area (Å²) < 4.78 is 1.27. The molecule has 152 valence electrons. The second kappa shape index (κ2) is 7.79. The molecule has 4 aromatic rings. The van der Waals surface area contributed by atoms with E-state index in [-0.39, 0.29) is 24.4 Å². The molecule has 0 aliphatic carbocycles. The third-order valence-electron chi connectivity index (χ3n) is 5.22. The minimum atomic E-state index is -0.220. The van der Waals surface area contributed by atoms with Gasteiger partial charge in [-0.05, 0) is 24.3 Å². The van der Waals surface area contributed by atoms with Gasteiger partial charge in [-0.25, -0.2) is 14.6 Å². The van der Waals surface area contributed by atoms with Gasteiger partial charge in [-0.15, -0.1) is 5.10 Å². The summed E-state index contributed by atoms with van der Waals surface area (Å²) in [5.41, 5.74) is 1.24.